The summed E-state index contributed by atoms with van der Waals surface area (Å²) in [5.74, 6) is -0.572. The van der Waals surface area contributed by atoms with E-state index in [0.717, 1.165) is 0 Å². The molecule has 106 valence electrons. The molecule has 0 aliphatic rings. The van der Waals surface area contributed by atoms with Gasteiger partial charge in [-0.2, -0.15) is 0 Å². The van der Waals surface area contributed by atoms with Gasteiger partial charge >= 0.3 is 0 Å². The molecular formula is C15H17FN2O2. The second-order valence-corrected chi connectivity index (χ2v) is 5.96. The van der Waals surface area contributed by atoms with Gasteiger partial charge in [-0.15, -0.1) is 0 Å². The first-order chi connectivity index (χ1) is 9.28. The van der Waals surface area contributed by atoms with Crippen LogP contribution in [0.2, 0.25) is 0 Å². The highest BCUT2D eigenvalue weighted by atomic mass is 19.1. The average Bonchev–Trinajstić information content (AvgIpc) is 2.70. The SMILES string of the molecule is CC(C)(C)CC(=O)c1c[nH]n(-c2ccc(F)cc2)c1=O. The summed E-state index contributed by atoms with van der Waals surface area (Å²) in [6.07, 6.45) is 1.70. The van der Waals surface area contributed by atoms with Crippen molar-refractivity contribution in [1.29, 1.82) is 0 Å². The molecule has 0 aliphatic heterocycles. The lowest BCUT2D eigenvalue weighted by atomic mass is 9.88. The average molecular weight is 276 g/mol. The molecule has 0 spiro atoms. The van der Waals surface area contributed by atoms with Gasteiger partial charge in [0.15, 0.2) is 5.78 Å². The first kappa shape index (κ1) is 14.2. The van der Waals surface area contributed by atoms with Crippen molar-refractivity contribution in [2.75, 3.05) is 0 Å². The van der Waals surface area contributed by atoms with Crippen LogP contribution in [0.1, 0.15) is 37.6 Å². The molecule has 0 bridgehead atoms. The number of hydrogen-bond acceptors (Lipinski definition) is 2. The summed E-state index contributed by atoms with van der Waals surface area (Å²) in [5.41, 5.74) is 0.0305. The normalized spacial score (nSPS) is 11.6. The minimum absolute atomic E-state index is 0.129. The van der Waals surface area contributed by atoms with Crippen LogP contribution in [0, 0.1) is 11.2 Å². The van der Waals surface area contributed by atoms with Gasteiger partial charge in [-0.3, -0.25) is 14.7 Å². The molecule has 2 aromatic rings. The van der Waals surface area contributed by atoms with Crippen molar-refractivity contribution in [2.45, 2.75) is 27.2 Å². The van der Waals surface area contributed by atoms with Gasteiger partial charge in [0.1, 0.15) is 11.4 Å². The van der Waals surface area contributed by atoms with Crippen LogP contribution in [0.3, 0.4) is 0 Å². The number of rotatable bonds is 3. The van der Waals surface area contributed by atoms with Crippen molar-refractivity contribution >= 4 is 5.78 Å². The molecule has 0 amide bonds. The maximum atomic E-state index is 12.9. The van der Waals surface area contributed by atoms with Crippen LogP contribution in [0.4, 0.5) is 4.39 Å². The number of halogens is 1. The van der Waals surface area contributed by atoms with Crippen LogP contribution in [-0.2, 0) is 0 Å². The molecule has 0 aliphatic carbocycles. The number of benzene rings is 1. The van der Waals surface area contributed by atoms with E-state index in [4.69, 9.17) is 0 Å². The van der Waals surface area contributed by atoms with Crippen LogP contribution in [0.5, 0.6) is 0 Å². The topological polar surface area (TPSA) is 54.9 Å². The molecule has 0 atom stereocenters. The second kappa shape index (κ2) is 5.07. The molecule has 5 heteroatoms. The van der Waals surface area contributed by atoms with Crippen molar-refractivity contribution < 1.29 is 9.18 Å². The zero-order chi connectivity index (χ0) is 14.9. The fraction of sp³-hybridized carbons (Fsp3) is 0.333. The number of carbonyl (C=O) groups excluding carboxylic acids is 1. The van der Waals surface area contributed by atoms with Gasteiger partial charge in [-0.25, -0.2) is 9.07 Å². The molecule has 20 heavy (non-hydrogen) atoms. The predicted octanol–water partition coefficient (Wildman–Crippen LogP) is 2.92. The number of nitrogens with one attached hydrogen (secondary N) is 1. The maximum Gasteiger partial charge on any atom is 0.282 e. The van der Waals surface area contributed by atoms with E-state index in [9.17, 15) is 14.0 Å². The molecule has 1 N–H and O–H groups in total. The van der Waals surface area contributed by atoms with Crippen molar-refractivity contribution in [2.24, 2.45) is 5.41 Å². The Morgan fingerprint density at radius 3 is 2.40 bits per heavy atom. The molecule has 0 radical (unpaired) electrons. The van der Waals surface area contributed by atoms with E-state index in [1.807, 2.05) is 20.8 Å². The Morgan fingerprint density at radius 2 is 1.85 bits per heavy atom. The number of Topliss-reactive ketones (excluding diaryl/α,β-unsaturated/α-hetero) is 1. The predicted molar refractivity (Wildman–Crippen MR) is 74.8 cm³/mol. The van der Waals surface area contributed by atoms with Gasteiger partial charge in [0.2, 0.25) is 0 Å². The molecule has 0 saturated carbocycles. The first-order valence-electron chi connectivity index (χ1n) is 6.37. The van der Waals surface area contributed by atoms with Crippen molar-refractivity contribution in [3.63, 3.8) is 0 Å². The Bertz CT molecular complexity index is 675. The Morgan fingerprint density at radius 1 is 1.25 bits per heavy atom. The number of carbonyl (C=O) groups is 1. The maximum absolute atomic E-state index is 12.9. The van der Waals surface area contributed by atoms with Crippen molar-refractivity contribution in [3.05, 3.63) is 52.2 Å². The van der Waals surface area contributed by atoms with Gasteiger partial charge in [-0.1, -0.05) is 20.8 Å². The lowest BCUT2D eigenvalue weighted by Crippen LogP contribution is -2.22. The molecule has 0 fully saturated rings. The third-order valence-corrected chi connectivity index (χ3v) is 2.85. The highest BCUT2D eigenvalue weighted by molar-refractivity contribution is 5.95. The van der Waals surface area contributed by atoms with Crippen LogP contribution in [0.15, 0.2) is 35.3 Å². The highest BCUT2D eigenvalue weighted by Gasteiger charge is 2.21. The molecule has 1 aromatic heterocycles. The Hall–Kier alpha value is -2.17. The standard InChI is InChI=1S/C15H17FN2O2/c1-15(2,3)8-13(19)12-9-17-18(14(12)20)11-6-4-10(16)5-7-11/h4-7,9,17H,8H2,1-3H3. The zero-order valence-electron chi connectivity index (χ0n) is 11.7. The largest absolute Gasteiger partial charge is 0.297 e. The third-order valence-electron chi connectivity index (χ3n) is 2.85. The fourth-order valence-corrected chi connectivity index (χ4v) is 1.93. The van der Waals surface area contributed by atoms with E-state index in [1.54, 1.807) is 0 Å². The van der Waals surface area contributed by atoms with E-state index in [2.05, 4.69) is 5.10 Å². The molecular weight excluding hydrogens is 259 g/mol. The van der Waals surface area contributed by atoms with Gasteiger partial charge < -0.3 is 0 Å². The number of ketones is 1. The molecule has 2 rings (SSSR count). The zero-order valence-corrected chi connectivity index (χ0v) is 11.7. The summed E-state index contributed by atoms with van der Waals surface area (Å²) in [6, 6.07) is 5.48. The van der Waals surface area contributed by atoms with Gasteiger partial charge in [-0.05, 0) is 29.7 Å². The summed E-state index contributed by atoms with van der Waals surface area (Å²) in [5, 5.41) is 2.74. The minimum Gasteiger partial charge on any atom is -0.297 e. The van der Waals surface area contributed by atoms with Crippen molar-refractivity contribution in [1.82, 2.24) is 9.78 Å². The number of H-pyrrole nitrogens is 1. The lowest BCUT2D eigenvalue weighted by molar-refractivity contribution is 0.0939. The smallest absolute Gasteiger partial charge is 0.282 e. The van der Waals surface area contributed by atoms with Crippen LogP contribution in [-0.4, -0.2) is 15.6 Å². The van der Waals surface area contributed by atoms with E-state index in [0.29, 0.717) is 12.1 Å². The number of aromatic nitrogens is 2. The summed E-state index contributed by atoms with van der Waals surface area (Å²) >= 11 is 0. The number of hydrogen-bond donors (Lipinski definition) is 1. The first-order valence-corrected chi connectivity index (χ1v) is 6.37. The molecule has 1 heterocycles. The van der Waals surface area contributed by atoms with Crippen LogP contribution >= 0.6 is 0 Å². The Balaban J connectivity index is 2.34. The van der Waals surface area contributed by atoms with Gasteiger partial charge in [0, 0.05) is 12.6 Å². The minimum atomic E-state index is -0.411. The van der Waals surface area contributed by atoms with Crippen molar-refractivity contribution in [3.8, 4) is 5.69 Å². The number of aromatic amines is 1. The van der Waals surface area contributed by atoms with E-state index < -0.39 is 5.56 Å². The molecule has 1 aromatic carbocycles. The quantitative estimate of drug-likeness (QED) is 0.876. The monoisotopic (exact) mass is 276 g/mol. The summed E-state index contributed by atoms with van der Waals surface area (Å²) < 4.78 is 14.1. The molecule has 0 saturated heterocycles. The van der Waals surface area contributed by atoms with Crippen LogP contribution in [0.25, 0.3) is 5.69 Å². The van der Waals surface area contributed by atoms with E-state index in [-0.39, 0.29) is 22.6 Å². The second-order valence-electron chi connectivity index (χ2n) is 5.96. The van der Waals surface area contributed by atoms with Gasteiger partial charge in [0.05, 0.1) is 5.69 Å². The fourth-order valence-electron chi connectivity index (χ4n) is 1.93. The summed E-state index contributed by atoms with van der Waals surface area (Å²) in [6.45, 7) is 5.82. The van der Waals surface area contributed by atoms with E-state index in [1.165, 1.54) is 35.1 Å². The highest BCUT2D eigenvalue weighted by Crippen LogP contribution is 2.20. The Labute approximate surface area is 116 Å². The lowest BCUT2D eigenvalue weighted by Gasteiger charge is -2.15. The molecule has 0 unspecified atom stereocenters. The number of nitrogens with zero attached hydrogens (tertiary/aromatic N) is 1. The van der Waals surface area contributed by atoms with Crippen LogP contribution < -0.4 is 5.56 Å². The van der Waals surface area contributed by atoms with E-state index >= 15 is 0 Å². The van der Waals surface area contributed by atoms with Gasteiger partial charge in [0.25, 0.3) is 5.56 Å². The summed E-state index contributed by atoms with van der Waals surface area (Å²) in [4.78, 5) is 24.3. The molecule has 4 nitrogen and oxygen atoms in total. The Kier molecular flexibility index (Phi) is 3.61. The third kappa shape index (κ3) is 3.04. The summed E-state index contributed by atoms with van der Waals surface area (Å²) in [7, 11) is 0.